The van der Waals surface area contributed by atoms with Crippen LogP contribution in [-0.4, -0.2) is 14.8 Å². The number of hydrogen-bond acceptors (Lipinski definition) is 3. The van der Waals surface area contributed by atoms with E-state index >= 15 is 0 Å². The van der Waals surface area contributed by atoms with Gasteiger partial charge in [0.2, 0.25) is 0 Å². The van der Waals surface area contributed by atoms with Crippen LogP contribution in [0.15, 0.2) is 29.0 Å². The van der Waals surface area contributed by atoms with Gasteiger partial charge in [-0.3, -0.25) is 0 Å². The number of hydrogen-bond donors (Lipinski definition) is 0. The molecule has 0 atom stereocenters. The average Bonchev–Trinajstić information content (AvgIpc) is 2.76. The molecule has 2 aromatic rings. The highest BCUT2D eigenvalue weighted by molar-refractivity contribution is 9.10. The Morgan fingerprint density at radius 3 is 2.83 bits per heavy atom. The maximum atomic E-state index is 5.78. The molecule has 0 saturated carbocycles. The van der Waals surface area contributed by atoms with Gasteiger partial charge in [0, 0.05) is 10.5 Å². The van der Waals surface area contributed by atoms with Crippen LogP contribution in [0.5, 0.6) is 5.75 Å². The number of nitrogens with zero attached hydrogens (tertiary/aromatic N) is 3. The molecule has 5 heteroatoms. The molecular formula is C13H16BrN3O. The van der Waals surface area contributed by atoms with E-state index in [0.717, 1.165) is 21.6 Å². The molecule has 1 heterocycles. The molecule has 18 heavy (non-hydrogen) atoms. The second-order valence-corrected chi connectivity index (χ2v) is 5.33. The summed E-state index contributed by atoms with van der Waals surface area (Å²) in [5, 5.41) is 4.18. The van der Waals surface area contributed by atoms with Crippen molar-refractivity contribution in [1.29, 1.82) is 0 Å². The first-order valence-electron chi connectivity index (χ1n) is 5.85. The molecule has 0 saturated heterocycles. The lowest BCUT2D eigenvalue weighted by Crippen LogP contribution is -2.11. The minimum atomic E-state index is 0.289. The molecule has 0 bridgehead atoms. The predicted octanol–water partition coefficient (Wildman–Crippen LogP) is 3.51. The smallest absolute Gasteiger partial charge is 0.165 e. The third-order valence-electron chi connectivity index (χ3n) is 2.63. The van der Waals surface area contributed by atoms with Crippen LogP contribution in [0.3, 0.4) is 0 Å². The fraction of sp³-hybridized carbons (Fsp3) is 0.385. The van der Waals surface area contributed by atoms with Gasteiger partial charge in [0.25, 0.3) is 0 Å². The Labute approximate surface area is 115 Å². The van der Waals surface area contributed by atoms with Gasteiger partial charge >= 0.3 is 0 Å². The van der Waals surface area contributed by atoms with Crippen LogP contribution in [0.1, 0.15) is 31.3 Å². The highest BCUT2D eigenvalue weighted by Gasteiger charge is 2.09. The van der Waals surface area contributed by atoms with Crippen molar-refractivity contribution >= 4 is 15.9 Å². The Morgan fingerprint density at radius 1 is 1.39 bits per heavy atom. The van der Waals surface area contributed by atoms with Crippen molar-refractivity contribution in [2.24, 2.45) is 0 Å². The summed E-state index contributed by atoms with van der Waals surface area (Å²) in [5.41, 5.74) is 1.10. The first-order valence-corrected chi connectivity index (χ1v) is 6.64. The molecule has 4 nitrogen and oxygen atoms in total. The lowest BCUT2D eigenvalue weighted by Gasteiger charge is -2.12. The standard InChI is InChI=1S/C13H16BrN3O/c1-9(2)17-13(15-8-16-17)7-18-12-5-4-11(14)6-10(12)3/h4-6,8-9H,7H2,1-3H3. The van der Waals surface area contributed by atoms with Gasteiger partial charge in [-0.15, -0.1) is 0 Å². The minimum Gasteiger partial charge on any atom is -0.485 e. The van der Waals surface area contributed by atoms with E-state index in [2.05, 4.69) is 39.9 Å². The van der Waals surface area contributed by atoms with Gasteiger partial charge in [0.05, 0.1) is 0 Å². The Bertz CT molecular complexity index is 537. The van der Waals surface area contributed by atoms with Crippen molar-refractivity contribution in [1.82, 2.24) is 14.8 Å². The van der Waals surface area contributed by atoms with Gasteiger partial charge in [-0.25, -0.2) is 9.67 Å². The molecule has 1 aromatic heterocycles. The SMILES string of the molecule is Cc1cc(Br)ccc1OCc1ncnn1C(C)C. The summed E-state index contributed by atoms with van der Waals surface area (Å²) in [7, 11) is 0. The van der Waals surface area contributed by atoms with E-state index in [4.69, 9.17) is 4.74 Å². The van der Waals surface area contributed by atoms with Crippen molar-refractivity contribution in [2.45, 2.75) is 33.4 Å². The molecule has 0 unspecified atom stereocenters. The van der Waals surface area contributed by atoms with Crippen LogP contribution in [0.25, 0.3) is 0 Å². The quantitative estimate of drug-likeness (QED) is 0.867. The van der Waals surface area contributed by atoms with Gasteiger partial charge in [-0.2, -0.15) is 5.10 Å². The van der Waals surface area contributed by atoms with Gasteiger partial charge in [0.1, 0.15) is 18.7 Å². The zero-order valence-corrected chi connectivity index (χ0v) is 12.3. The first kappa shape index (κ1) is 13.1. The summed E-state index contributed by atoms with van der Waals surface area (Å²) in [4.78, 5) is 4.22. The molecule has 0 amide bonds. The Hall–Kier alpha value is -1.36. The predicted molar refractivity (Wildman–Crippen MR) is 73.6 cm³/mol. The van der Waals surface area contributed by atoms with E-state index in [-0.39, 0.29) is 6.04 Å². The molecule has 0 N–H and O–H groups in total. The Kier molecular flexibility index (Phi) is 4.01. The van der Waals surface area contributed by atoms with Crippen LogP contribution in [0.4, 0.5) is 0 Å². The van der Waals surface area contributed by atoms with Crippen LogP contribution in [0, 0.1) is 6.92 Å². The highest BCUT2D eigenvalue weighted by Crippen LogP contribution is 2.23. The van der Waals surface area contributed by atoms with E-state index in [1.807, 2.05) is 29.8 Å². The first-order chi connectivity index (χ1) is 8.58. The zero-order chi connectivity index (χ0) is 13.1. The summed E-state index contributed by atoms with van der Waals surface area (Å²) < 4.78 is 8.71. The van der Waals surface area contributed by atoms with Gasteiger partial charge < -0.3 is 4.74 Å². The van der Waals surface area contributed by atoms with Gasteiger partial charge in [0.15, 0.2) is 5.82 Å². The molecule has 2 rings (SSSR count). The van der Waals surface area contributed by atoms with Crippen LogP contribution >= 0.6 is 15.9 Å². The maximum absolute atomic E-state index is 5.78. The summed E-state index contributed by atoms with van der Waals surface area (Å²) in [5.74, 6) is 1.71. The fourth-order valence-electron chi connectivity index (χ4n) is 1.73. The molecular weight excluding hydrogens is 294 g/mol. The van der Waals surface area contributed by atoms with E-state index in [0.29, 0.717) is 6.61 Å². The number of halogens is 1. The Morgan fingerprint density at radius 2 is 2.17 bits per heavy atom. The summed E-state index contributed by atoms with van der Waals surface area (Å²) >= 11 is 3.43. The molecule has 0 radical (unpaired) electrons. The lowest BCUT2D eigenvalue weighted by molar-refractivity contribution is 0.280. The maximum Gasteiger partial charge on any atom is 0.165 e. The molecule has 0 aliphatic heterocycles. The van der Waals surface area contributed by atoms with Crippen LogP contribution in [0.2, 0.25) is 0 Å². The zero-order valence-electron chi connectivity index (χ0n) is 10.7. The fourth-order valence-corrected chi connectivity index (χ4v) is 2.20. The number of aryl methyl sites for hydroxylation is 1. The third-order valence-corrected chi connectivity index (χ3v) is 3.12. The number of benzene rings is 1. The van der Waals surface area contributed by atoms with Crippen molar-refractivity contribution < 1.29 is 4.74 Å². The van der Waals surface area contributed by atoms with Crippen molar-refractivity contribution in [2.75, 3.05) is 0 Å². The third kappa shape index (κ3) is 2.90. The second kappa shape index (κ2) is 5.52. The minimum absolute atomic E-state index is 0.289. The van der Waals surface area contributed by atoms with Crippen LogP contribution < -0.4 is 4.74 Å². The Balaban J connectivity index is 2.09. The van der Waals surface area contributed by atoms with Gasteiger partial charge in [-0.1, -0.05) is 15.9 Å². The van der Waals surface area contributed by atoms with E-state index in [1.54, 1.807) is 6.33 Å². The molecule has 96 valence electrons. The summed E-state index contributed by atoms with van der Waals surface area (Å²) in [6.45, 7) is 6.60. The van der Waals surface area contributed by atoms with Crippen LogP contribution in [-0.2, 0) is 6.61 Å². The number of aromatic nitrogens is 3. The molecule has 0 aliphatic rings. The molecule has 1 aromatic carbocycles. The van der Waals surface area contributed by atoms with E-state index in [9.17, 15) is 0 Å². The van der Waals surface area contributed by atoms with Gasteiger partial charge in [-0.05, 0) is 44.5 Å². The normalized spacial score (nSPS) is 10.9. The lowest BCUT2D eigenvalue weighted by atomic mass is 10.2. The molecule has 0 fully saturated rings. The number of rotatable bonds is 4. The van der Waals surface area contributed by atoms with Crippen molar-refractivity contribution in [3.8, 4) is 5.75 Å². The average molecular weight is 310 g/mol. The van der Waals surface area contributed by atoms with E-state index in [1.165, 1.54) is 0 Å². The van der Waals surface area contributed by atoms with Crippen molar-refractivity contribution in [3.63, 3.8) is 0 Å². The number of ether oxygens (including phenoxy) is 1. The van der Waals surface area contributed by atoms with E-state index < -0.39 is 0 Å². The topological polar surface area (TPSA) is 39.9 Å². The largest absolute Gasteiger partial charge is 0.485 e. The molecule has 0 aliphatic carbocycles. The molecule has 0 spiro atoms. The highest BCUT2D eigenvalue weighted by atomic mass is 79.9. The summed E-state index contributed by atoms with van der Waals surface area (Å²) in [6, 6.07) is 6.24. The second-order valence-electron chi connectivity index (χ2n) is 4.41. The summed E-state index contributed by atoms with van der Waals surface area (Å²) in [6.07, 6.45) is 1.56. The monoisotopic (exact) mass is 309 g/mol. The van der Waals surface area contributed by atoms with Crippen molar-refractivity contribution in [3.05, 3.63) is 40.4 Å².